The molecular weight excluding hydrogens is 520 g/mol. The first-order valence-corrected chi connectivity index (χ1v) is 13.3. The molecule has 7 heteroatoms. The number of methoxy groups -OCH3 is 6. The second kappa shape index (κ2) is 11.8. The van der Waals surface area contributed by atoms with Gasteiger partial charge >= 0.3 is 0 Å². The highest BCUT2D eigenvalue weighted by Crippen LogP contribution is 2.59. The SMILES string of the molecule is COc1ccc(C(=O)[C@@H]2c3cc(OC)cc(OC)c3[C@H](c3ccc(OC)cc3)[C@@H]2c2cc(OC)cc(OC)c2)cc1. The van der Waals surface area contributed by atoms with E-state index in [-0.39, 0.29) is 17.6 Å². The lowest BCUT2D eigenvalue weighted by Crippen LogP contribution is -2.20. The van der Waals surface area contributed by atoms with Crippen molar-refractivity contribution in [1.29, 1.82) is 0 Å². The van der Waals surface area contributed by atoms with Gasteiger partial charge in [0.05, 0.1) is 48.6 Å². The number of rotatable bonds is 10. The molecule has 0 saturated heterocycles. The zero-order valence-electron chi connectivity index (χ0n) is 24.1. The Morgan fingerprint density at radius 1 is 0.537 bits per heavy atom. The minimum atomic E-state index is -0.564. The van der Waals surface area contributed by atoms with E-state index in [1.165, 1.54) is 0 Å². The molecule has 1 aliphatic carbocycles. The maximum atomic E-state index is 14.6. The van der Waals surface area contributed by atoms with Gasteiger partial charge in [-0.05, 0) is 71.3 Å². The molecule has 0 bridgehead atoms. The molecule has 0 unspecified atom stereocenters. The van der Waals surface area contributed by atoms with E-state index < -0.39 is 5.92 Å². The van der Waals surface area contributed by atoms with Crippen molar-refractivity contribution in [1.82, 2.24) is 0 Å². The van der Waals surface area contributed by atoms with Crippen LogP contribution in [-0.4, -0.2) is 48.4 Å². The van der Waals surface area contributed by atoms with E-state index in [1.807, 2.05) is 66.7 Å². The van der Waals surface area contributed by atoms with E-state index in [2.05, 4.69) is 0 Å². The summed E-state index contributed by atoms with van der Waals surface area (Å²) < 4.78 is 33.7. The minimum absolute atomic E-state index is 0.0213. The maximum absolute atomic E-state index is 14.6. The lowest BCUT2D eigenvalue weighted by Gasteiger charge is -2.27. The third-order valence-corrected chi connectivity index (χ3v) is 7.86. The first kappa shape index (κ1) is 27.9. The van der Waals surface area contributed by atoms with Gasteiger partial charge < -0.3 is 28.4 Å². The van der Waals surface area contributed by atoms with Crippen LogP contribution in [0.25, 0.3) is 0 Å². The second-order valence-corrected chi connectivity index (χ2v) is 9.83. The fraction of sp³-hybridized carbons (Fsp3) is 0.265. The van der Waals surface area contributed by atoms with Gasteiger partial charge in [0.2, 0.25) is 0 Å². The van der Waals surface area contributed by atoms with Crippen molar-refractivity contribution < 1.29 is 33.2 Å². The Morgan fingerprint density at radius 2 is 1.05 bits per heavy atom. The topological polar surface area (TPSA) is 72.5 Å². The van der Waals surface area contributed by atoms with Crippen LogP contribution in [0.1, 0.15) is 50.4 Å². The van der Waals surface area contributed by atoms with Crippen molar-refractivity contribution in [2.24, 2.45) is 0 Å². The lowest BCUT2D eigenvalue weighted by molar-refractivity contribution is 0.0949. The van der Waals surface area contributed by atoms with Crippen LogP contribution in [0.15, 0.2) is 78.9 Å². The van der Waals surface area contributed by atoms with Crippen LogP contribution in [0, 0.1) is 0 Å². The Kier molecular flexibility index (Phi) is 8.06. The van der Waals surface area contributed by atoms with Crippen LogP contribution in [0.5, 0.6) is 34.5 Å². The minimum Gasteiger partial charge on any atom is -0.497 e. The normalized spacial score (nSPS) is 17.4. The average Bonchev–Trinajstić information content (AvgIpc) is 3.38. The summed E-state index contributed by atoms with van der Waals surface area (Å²) in [7, 11) is 9.75. The molecule has 0 aliphatic heterocycles. The van der Waals surface area contributed by atoms with E-state index in [4.69, 9.17) is 28.4 Å². The van der Waals surface area contributed by atoms with Gasteiger partial charge in [-0.3, -0.25) is 4.79 Å². The molecular formula is C34H34O7. The summed E-state index contributed by atoms with van der Waals surface area (Å²) in [4.78, 5) is 14.6. The number of carbonyl (C=O) groups excluding carboxylic acids is 1. The Labute approximate surface area is 240 Å². The van der Waals surface area contributed by atoms with Crippen molar-refractivity contribution in [3.63, 3.8) is 0 Å². The second-order valence-electron chi connectivity index (χ2n) is 9.83. The van der Waals surface area contributed by atoms with Gasteiger partial charge in [0, 0.05) is 35.1 Å². The molecule has 0 amide bonds. The molecule has 0 N–H and O–H groups in total. The van der Waals surface area contributed by atoms with Gasteiger partial charge in [-0.25, -0.2) is 0 Å². The number of benzene rings is 4. The van der Waals surface area contributed by atoms with E-state index in [0.717, 1.165) is 28.0 Å². The number of fused-ring (bicyclic) bond motifs is 1. The number of carbonyl (C=O) groups is 1. The summed E-state index contributed by atoms with van der Waals surface area (Å²) in [6.45, 7) is 0. The summed E-state index contributed by atoms with van der Waals surface area (Å²) in [6.07, 6.45) is 0. The van der Waals surface area contributed by atoms with Crippen LogP contribution in [-0.2, 0) is 0 Å². The maximum Gasteiger partial charge on any atom is 0.170 e. The number of hydrogen-bond acceptors (Lipinski definition) is 7. The van der Waals surface area contributed by atoms with E-state index in [1.54, 1.807) is 54.8 Å². The van der Waals surface area contributed by atoms with Crippen LogP contribution in [0.3, 0.4) is 0 Å². The number of ketones is 1. The fourth-order valence-electron chi connectivity index (χ4n) is 5.90. The molecule has 0 radical (unpaired) electrons. The van der Waals surface area contributed by atoms with Crippen molar-refractivity contribution in [3.8, 4) is 34.5 Å². The zero-order valence-corrected chi connectivity index (χ0v) is 24.1. The van der Waals surface area contributed by atoms with E-state index in [0.29, 0.717) is 34.3 Å². The summed E-state index contributed by atoms with van der Waals surface area (Å²) >= 11 is 0. The van der Waals surface area contributed by atoms with Gasteiger partial charge in [-0.1, -0.05) is 12.1 Å². The quantitative estimate of drug-likeness (QED) is 0.204. The average molecular weight is 555 g/mol. The number of ether oxygens (including phenoxy) is 6. The van der Waals surface area contributed by atoms with Crippen molar-refractivity contribution >= 4 is 5.78 Å². The van der Waals surface area contributed by atoms with Gasteiger partial charge in [-0.2, -0.15) is 0 Å². The first-order chi connectivity index (χ1) is 20.0. The van der Waals surface area contributed by atoms with Gasteiger partial charge in [0.1, 0.15) is 34.5 Å². The standard InChI is InChI=1S/C34H34O7/c1-36-23-11-7-20(8-12-23)30-31(22-15-25(38-3)17-26(16-22)39-4)33(34(35)21-9-13-24(37-2)14-10-21)28-18-27(40-5)19-29(41-6)32(28)30/h7-19,30-31,33H,1-6H3/t30-,31+,33-/m1/s1. The highest BCUT2D eigenvalue weighted by molar-refractivity contribution is 6.03. The van der Waals surface area contributed by atoms with E-state index >= 15 is 0 Å². The third kappa shape index (κ3) is 5.15. The molecule has 4 aromatic carbocycles. The van der Waals surface area contributed by atoms with Gasteiger partial charge in [-0.15, -0.1) is 0 Å². The largest absolute Gasteiger partial charge is 0.497 e. The fourth-order valence-corrected chi connectivity index (χ4v) is 5.90. The molecule has 3 atom stereocenters. The van der Waals surface area contributed by atoms with Crippen molar-refractivity contribution in [3.05, 3.63) is 107 Å². The molecule has 212 valence electrons. The molecule has 0 spiro atoms. The highest BCUT2D eigenvalue weighted by Gasteiger charge is 2.48. The Balaban J connectivity index is 1.81. The van der Waals surface area contributed by atoms with Gasteiger partial charge in [0.15, 0.2) is 5.78 Å². The Hall–Kier alpha value is -4.65. The number of hydrogen-bond donors (Lipinski definition) is 0. The summed E-state index contributed by atoms with van der Waals surface area (Å²) in [5, 5.41) is 0. The lowest BCUT2D eigenvalue weighted by atomic mass is 9.75. The van der Waals surface area contributed by atoms with Gasteiger partial charge in [0.25, 0.3) is 0 Å². The summed E-state index contributed by atoms with van der Waals surface area (Å²) in [5.74, 6) is 2.85. The Morgan fingerprint density at radius 3 is 1.56 bits per heavy atom. The highest BCUT2D eigenvalue weighted by atomic mass is 16.5. The molecule has 1 aliphatic rings. The zero-order chi connectivity index (χ0) is 29.1. The smallest absolute Gasteiger partial charge is 0.170 e. The predicted molar refractivity (Wildman–Crippen MR) is 157 cm³/mol. The predicted octanol–water partition coefficient (Wildman–Crippen LogP) is 6.63. The van der Waals surface area contributed by atoms with Crippen LogP contribution in [0.2, 0.25) is 0 Å². The molecule has 0 aromatic heterocycles. The molecule has 7 nitrogen and oxygen atoms in total. The summed E-state index contributed by atoms with van der Waals surface area (Å²) in [5.41, 5.74) is 4.31. The molecule has 0 fully saturated rings. The van der Waals surface area contributed by atoms with Crippen LogP contribution < -0.4 is 28.4 Å². The molecule has 41 heavy (non-hydrogen) atoms. The third-order valence-electron chi connectivity index (χ3n) is 7.86. The van der Waals surface area contributed by atoms with Crippen LogP contribution >= 0.6 is 0 Å². The van der Waals surface area contributed by atoms with Crippen molar-refractivity contribution in [2.75, 3.05) is 42.7 Å². The van der Waals surface area contributed by atoms with Crippen LogP contribution in [0.4, 0.5) is 0 Å². The molecule has 0 heterocycles. The summed E-state index contributed by atoms with van der Waals surface area (Å²) in [6, 6.07) is 24.8. The number of Topliss-reactive ketones (excluding diaryl/α,β-unsaturated/α-hetero) is 1. The Bertz CT molecular complexity index is 1500. The molecule has 5 rings (SSSR count). The monoisotopic (exact) mass is 554 g/mol. The molecule has 0 saturated carbocycles. The van der Waals surface area contributed by atoms with Crippen molar-refractivity contribution in [2.45, 2.75) is 17.8 Å². The van der Waals surface area contributed by atoms with E-state index in [9.17, 15) is 4.79 Å². The molecule has 4 aromatic rings. The first-order valence-electron chi connectivity index (χ1n) is 13.3.